The Morgan fingerprint density at radius 2 is 2.11 bits per heavy atom. The zero-order chi connectivity index (χ0) is 13.0. The van der Waals surface area contributed by atoms with Gasteiger partial charge in [0.2, 0.25) is 0 Å². The predicted molar refractivity (Wildman–Crippen MR) is 68.6 cm³/mol. The number of hydrogen-bond acceptors (Lipinski definition) is 6. The molecule has 0 saturated carbocycles. The van der Waals surface area contributed by atoms with E-state index in [1.165, 1.54) is 12.3 Å². The van der Waals surface area contributed by atoms with Crippen LogP contribution in [0.15, 0.2) is 40.2 Å². The molecule has 1 aromatic carbocycles. The maximum absolute atomic E-state index is 10.9. The van der Waals surface area contributed by atoms with E-state index < -0.39 is 0 Å². The summed E-state index contributed by atoms with van der Waals surface area (Å²) >= 11 is 0. The molecule has 0 bridgehead atoms. The molecular weight excluding hydrogens is 234 g/mol. The first-order valence-corrected chi connectivity index (χ1v) is 5.08. The highest BCUT2D eigenvalue weighted by atomic mass is 16.3. The van der Waals surface area contributed by atoms with E-state index in [1.54, 1.807) is 24.3 Å². The van der Waals surface area contributed by atoms with E-state index in [1.807, 2.05) is 0 Å². The highest BCUT2D eigenvalue weighted by molar-refractivity contribution is 5.80. The molecular formula is C11H11N5O2. The van der Waals surface area contributed by atoms with Crippen molar-refractivity contribution in [1.82, 2.24) is 10.2 Å². The van der Waals surface area contributed by atoms with Gasteiger partial charge in [-0.2, -0.15) is 10.2 Å². The molecule has 7 heteroatoms. The second kappa shape index (κ2) is 5.00. The molecule has 2 aromatic rings. The van der Waals surface area contributed by atoms with Gasteiger partial charge in [0.05, 0.1) is 11.9 Å². The number of aromatic nitrogens is 2. The maximum Gasteiger partial charge on any atom is 0.266 e. The Hall–Kier alpha value is -2.83. The van der Waals surface area contributed by atoms with Gasteiger partial charge in [-0.1, -0.05) is 0 Å². The average Bonchev–Trinajstić information content (AvgIpc) is 2.34. The minimum atomic E-state index is -0.374. The molecule has 1 aromatic heterocycles. The van der Waals surface area contributed by atoms with Crippen LogP contribution >= 0.6 is 0 Å². The quantitative estimate of drug-likeness (QED) is 0.464. The molecule has 1 heterocycles. The fourth-order valence-corrected chi connectivity index (χ4v) is 1.24. The minimum Gasteiger partial charge on any atom is -0.508 e. The van der Waals surface area contributed by atoms with Crippen molar-refractivity contribution in [2.45, 2.75) is 0 Å². The van der Waals surface area contributed by atoms with Gasteiger partial charge in [-0.05, 0) is 29.8 Å². The SMILES string of the molecule is Nc1cc(=O)[nH]nc1NN=Cc1ccc(O)cc1. The highest BCUT2D eigenvalue weighted by Crippen LogP contribution is 2.10. The van der Waals surface area contributed by atoms with Crippen LogP contribution in [0.2, 0.25) is 0 Å². The molecule has 0 aliphatic rings. The fourth-order valence-electron chi connectivity index (χ4n) is 1.24. The third kappa shape index (κ3) is 2.85. The zero-order valence-electron chi connectivity index (χ0n) is 9.29. The molecule has 0 aliphatic carbocycles. The first-order valence-electron chi connectivity index (χ1n) is 5.08. The number of benzene rings is 1. The average molecular weight is 245 g/mol. The molecule has 0 unspecified atom stereocenters. The second-order valence-electron chi connectivity index (χ2n) is 3.50. The number of H-pyrrole nitrogens is 1. The van der Waals surface area contributed by atoms with Crippen LogP contribution in [0, 0.1) is 0 Å². The lowest BCUT2D eigenvalue weighted by atomic mass is 10.2. The van der Waals surface area contributed by atoms with Crippen LogP contribution in [0.4, 0.5) is 11.5 Å². The number of aromatic amines is 1. The van der Waals surface area contributed by atoms with Crippen LogP contribution in [-0.2, 0) is 0 Å². The number of rotatable bonds is 3. The number of anilines is 2. The summed E-state index contributed by atoms with van der Waals surface area (Å²) in [7, 11) is 0. The van der Waals surface area contributed by atoms with Crippen molar-refractivity contribution < 1.29 is 5.11 Å². The van der Waals surface area contributed by atoms with E-state index in [9.17, 15) is 4.79 Å². The van der Waals surface area contributed by atoms with E-state index in [2.05, 4.69) is 20.7 Å². The lowest BCUT2D eigenvalue weighted by Gasteiger charge is -2.01. The normalized spacial score (nSPS) is 10.7. The lowest BCUT2D eigenvalue weighted by molar-refractivity contribution is 0.475. The molecule has 5 N–H and O–H groups in total. The van der Waals surface area contributed by atoms with E-state index >= 15 is 0 Å². The summed E-state index contributed by atoms with van der Waals surface area (Å²) in [5.41, 5.74) is 8.80. The summed E-state index contributed by atoms with van der Waals surface area (Å²) in [6.07, 6.45) is 1.53. The van der Waals surface area contributed by atoms with Crippen molar-refractivity contribution in [2.24, 2.45) is 5.10 Å². The van der Waals surface area contributed by atoms with Gasteiger partial charge in [0.1, 0.15) is 5.75 Å². The number of aromatic hydroxyl groups is 1. The fraction of sp³-hybridized carbons (Fsp3) is 0. The molecule has 0 aliphatic heterocycles. The molecule has 7 nitrogen and oxygen atoms in total. The summed E-state index contributed by atoms with van der Waals surface area (Å²) in [5, 5.41) is 19.0. The zero-order valence-corrected chi connectivity index (χ0v) is 9.29. The topological polar surface area (TPSA) is 116 Å². The smallest absolute Gasteiger partial charge is 0.266 e. The number of phenols is 1. The van der Waals surface area contributed by atoms with Gasteiger partial charge < -0.3 is 10.8 Å². The Kier molecular flexibility index (Phi) is 3.24. The molecule has 2 rings (SSSR count). The molecule has 18 heavy (non-hydrogen) atoms. The van der Waals surface area contributed by atoms with E-state index in [-0.39, 0.29) is 22.8 Å². The van der Waals surface area contributed by atoms with E-state index in [0.717, 1.165) is 5.56 Å². The van der Waals surface area contributed by atoms with Crippen LogP contribution in [-0.4, -0.2) is 21.5 Å². The summed E-state index contributed by atoms with van der Waals surface area (Å²) in [6.45, 7) is 0. The number of nitrogen functional groups attached to an aromatic ring is 1. The predicted octanol–water partition coefficient (Wildman–Crippen LogP) is 0.504. The van der Waals surface area contributed by atoms with Crippen LogP contribution in [0.25, 0.3) is 0 Å². The largest absolute Gasteiger partial charge is 0.508 e. The van der Waals surface area contributed by atoms with Gasteiger partial charge >= 0.3 is 0 Å². The standard InChI is InChI=1S/C11H11N5O2/c12-9-5-10(18)14-16-11(9)15-13-6-7-1-3-8(17)4-2-7/h1-6,17H,(H,15,16)(H3,12,14,18). The van der Waals surface area contributed by atoms with Crippen LogP contribution in [0.5, 0.6) is 5.75 Å². The van der Waals surface area contributed by atoms with Gasteiger partial charge in [0.15, 0.2) is 5.82 Å². The molecule has 0 atom stereocenters. The summed E-state index contributed by atoms with van der Waals surface area (Å²) in [4.78, 5) is 10.9. The van der Waals surface area contributed by atoms with Crippen molar-refractivity contribution in [3.05, 3.63) is 46.2 Å². The first kappa shape index (κ1) is 11.6. The van der Waals surface area contributed by atoms with Crippen molar-refractivity contribution in [2.75, 3.05) is 11.2 Å². The van der Waals surface area contributed by atoms with Crippen molar-refractivity contribution >= 4 is 17.7 Å². The number of hydrazone groups is 1. The van der Waals surface area contributed by atoms with Crippen molar-refractivity contribution in [3.63, 3.8) is 0 Å². The monoisotopic (exact) mass is 245 g/mol. The number of nitrogens with two attached hydrogens (primary N) is 1. The van der Waals surface area contributed by atoms with E-state index in [4.69, 9.17) is 10.8 Å². The number of nitrogens with one attached hydrogen (secondary N) is 2. The number of hydrogen-bond donors (Lipinski definition) is 4. The molecule has 0 saturated heterocycles. The first-order chi connectivity index (χ1) is 8.65. The van der Waals surface area contributed by atoms with Gasteiger partial charge in [-0.3, -0.25) is 10.2 Å². The Bertz CT molecular complexity index is 618. The third-order valence-electron chi connectivity index (χ3n) is 2.12. The molecule has 0 radical (unpaired) electrons. The summed E-state index contributed by atoms with van der Waals surface area (Å²) in [5.74, 6) is 0.455. The van der Waals surface area contributed by atoms with Crippen LogP contribution in [0.1, 0.15) is 5.56 Å². The van der Waals surface area contributed by atoms with Gasteiger partial charge in [0, 0.05) is 6.07 Å². The number of nitrogens with zero attached hydrogens (tertiary/aromatic N) is 2. The molecule has 92 valence electrons. The van der Waals surface area contributed by atoms with Gasteiger partial charge in [-0.15, -0.1) is 0 Å². The van der Waals surface area contributed by atoms with Gasteiger partial charge in [0.25, 0.3) is 5.56 Å². The summed E-state index contributed by atoms with van der Waals surface area (Å²) in [6, 6.07) is 7.71. The second-order valence-corrected chi connectivity index (χ2v) is 3.50. The Balaban J connectivity index is 2.07. The molecule has 0 amide bonds. The third-order valence-corrected chi connectivity index (χ3v) is 2.12. The Morgan fingerprint density at radius 1 is 1.39 bits per heavy atom. The Labute approximate surface area is 102 Å². The molecule has 0 spiro atoms. The van der Waals surface area contributed by atoms with Crippen molar-refractivity contribution in [3.8, 4) is 5.75 Å². The number of phenolic OH excluding ortho intramolecular Hbond substituents is 1. The molecule has 0 fully saturated rings. The minimum absolute atomic E-state index is 0.187. The lowest BCUT2D eigenvalue weighted by Crippen LogP contribution is -2.11. The van der Waals surface area contributed by atoms with Crippen LogP contribution in [0.3, 0.4) is 0 Å². The van der Waals surface area contributed by atoms with Gasteiger partial charge in [-0.25, -0.2) is 5.10 Å². The summed E-state index contributed by atoms with van der Waals surface area (Å²) < 4.78 is 0. The maximum atomic E-state index is 10.9. The highest BCUT2D eigenvalue weighted by Gasteiger charge is 1.98. The van der Waals surface area contributed by atoms with E-state index in [0.29, 0.717) is 0 Å². The van der Waals surface area contributed by atoms with Crippen LogP contribution < -0.4 is 16.7 Å². The van der Waals surface area contributed by atoms with Crippen molar-refractivity contribution in [1.29, 1.82) is 0 Å². The Morgan fingerprint density at radius 3 is 2.78 bits per heavy atom.